The maximum atomic E-state index is 11.9. The smallest absolute Gasteiger partial charge is 0.222 e. The van der Waals surface area contributed by atoms with Crippen LogP contribution in [0.4, 0.5) is 5.69 Å². The van der Waals surface area contributed by atoms with E-state index in [-0.39, 0.29) is 0 Å². The molecule has 1 unspecified atom stereocenters. The van der Waals surface area contributed by atoms with E-state index in [1.807, 2.05) is 22.8 Å². The van der Waals surface area contributed by atoms with E-state index in [2.05, 4.69) is 40.5 Å². The van der Waals surface area contributed by atoms with Crippen LogP contribution < -0.4 is 4.90 Å². The number of fused-ring (bicyclic) bond motifs is 1. The molecule has 132 valence electrons. The van der Waals surface area contributed by atoms with Gasteiger partial charge in [0.05, 0.1) is 6.20 Å². The molecule has 0 saturated carbocycles. The van der Waals surface area contributed by atoms with Gasteiger partial charge in [0.15, 0.2) is 0 Å². The average molecular weight is 338 g/mol. The lowest BCUT2D eigenvalue weighted by Gasteiger charge is -2.21. The number of aryl methyl sites for hydroxylation is 1. The van der Waals surface area contributed by atoms with Crippen molar-refractivity contribution in [2.75, 3.05) is 31.1 Å². The summed E-state index contributed by atoms with van der Waals surface area (Å²) in [7, 11) is 1.96. The summed E-state index contributed by atoms with van der Waals surface area (Å²) in [5.74, 6) is 0.859. The molecule has 0 bridgehead atoms. The number of anilines is 1. The van der Waals surface area contributed by atoms with Gasteiger partial charge >= 0.3 is 0 Å². The highest BCUT2D eigenvalue weighted by molar-refractivity contribution is 5.78. The van der Waals surface area contributed by atoms with Gasteiger partial charge in [-0.05, 0) is 36.5 Å². The molecule has 2 aromatic rings. The molecule has 0 aliphatic carbocycles. The predicted octanol–water partition coefficient (Wildman–Crippen LogP) is 2.58. The van der Waals surface area contributed by atoms with Gasteiger partial charge in [-0.25, -0.2) is 0 Å². The lowest BCUT2D eigenvalue weighted by Crippen LogP contribution is -2.28. The standard InChI is InChI=1S/C20H26N4O/c1-22-14-16(13-21-22)8-11-24-15-17(18-5-2-3-6-19(18)24)9-12-23-10-4-7-20(23)25/h2-3,5-6,13-14,17H,4,7-12,15H2,1H3. The number of aromatic nitrogens is 2. The second-order valence-corrected chi connectivity index (χ2v) is 7.25. The molecule has 4 rings (SSSR count). The van der Waals surface area contributed by atoms with Crippen molar-refractivity contribution in [2.24, 2.45) is 7.05 Å². The monoisotopic (exact) mass is 338 g/mol. The maximum absolute atomic E-state index is 11.9. The van der Waals surface area contributed by atoms with Crippen molar-refractivity contribution >= 4 is 11.6 Å². The number of rotatable bonds is 6. The minimum Gasteiger partial charge on any atom is -0.370 e. The molecular weight excluding hydrogens is 312 g/mol. The largest absolute Gasteiger partial charge is 0.370 e. The van der Waals surface area contributed by atoms with Crippen LogP contribution in [0.3, 0.4) is 0 Å². The molecule has 5 nitrogen and oxygen atoms in total. The molecule has 1 saturated heterocycles. The number of hydrogen-bond acceptors (Lipinski definition) is 3. The molecule has 1 amide bonds. The molecule has 1 fully saturated rings. The molecular formula is C20H26N4O. The zero-order chi connectivity index (χ0) is 17.2. The summed E-state index contributed by atoms with van der Waals surface area (Å²) in [6.07, 6.45) is 7.89. The topological polar surface area (TPSA) is 41.4 Å². The predicted molar refractivity (Wildman–Crippen MR) is 98.7 cm³/mol. The van der Waals surface area contributed by atoms with Gasteiger partial charge in [0, 0.05) is 57.4 Å². The normalized spacial score (nSPS) is 19.7. The minimum absolute atomic E-state index is 0.333. The van der Waals surface area contributed by atoms with E-state index < -0.39 is 0 Å². The molecule has 1 aromatic heterocycles. The fourth-order valence-corrected chi connectivity index (χ4v) is 4.16. The van der Waals surface area contributed by atoms with Crippen molar-refractivity contribution in [2.45, 2.75) is 31.6 Å². The van der Waals surface area contributed by atoms with Crippen LogP contribution in [0.5, 0.6) is 0 Å². The lowest BCUT2D eigenvalue weighted by molar-refractivity contribution is -0.127. The van der Waals surface area contributed by atoms with Crippen LogP contribution in [0, 0.1) is 0 Å². The van der Waals surface area contributed by atoms with Gasteiger partial charge in [-0.15, -0.1) is 0 Å². The number of amides is 1. The second-order valence-electron chi connectivity index (χ2n) is 7.25. The Morgan fingerprint density at radius 2 is 2.08 bits per heavy atom. The third-order valence-corrected chi connectivity index (χ3v) is 5.51. The van der Waals surface area contributed by atoms with E-state index in [1.165, 1.54) is 16.8 Å². The van der Waals surface area contributed by atoms with E-state index >= 15 is 0 Å². The summed E-state index contributed by atoms with van der Waals surface area (Å²) >= 11 is 0. The van der Waals surface area contributed by atoms with Crippen LogP contribution in [0.2, 0.25) is 0 Å². The van der Waals surface area contributed by atoms with Crippen LogP contribution in [-0.2, 0) is 18.3 Å². The molecule has 5 heteroatoms. The minimum atomic E-state index is 0.333. The number of carbonyl (C=O) groups excluding carboxylic acids is 1. The highest BCUT2D eigenvalue weighted by atomic mass is 16.2. The van der Waals surface area contributed by atoms with Crippen LogP contribution in [-0.4, -0.2) is 46.8 Å². The first-order valence-corrected chi connectivity index (χ1v) is 9.30. The molecule has 1 aromatic carbocycles. The van der Waals surface area contributed by atoms with Crippen LogP contribution >= 0.6 is 0 Å². The Morgan fingerprint density at radius 1 is 1.20 bits per heavy atom. The van der Waals surface area contributed by atoms with Crippen LogP contribution in [0.25, 0.3) is 0 Å². The fraction of sp³-hybridized carbons (Fsp3) is 0.500. The summed E-state index contributed by atoms with van der Waals surface area (Å²) in [6.45, 7) is 3.91. The number of para-hydroxylation sites is 1. The van der Waals surface area contributed by atoms with Crippen molar-refractivity contribution in [3.63, 3.8) is 0 Å². The van der Waals surface area contributed by atoms with Gasteiger partial charge in [-0.2, -0.15) is 5.10 Å². The van der Waals surface area contributed by atoms with Gasteiger partial charge in [0.2, 0.25) is 5.91 Å². The first-order valence-electron chi connectivity index (χ1n) is 9.30. The van der Waals surface area contributed by atoms with Crippen molar-refractivity contribution in [1.82, 2.24) is 14.7 Å². The van der Waals surface area contributed by atoms with Crippen molar-refractivity contribution in [1.29, 1.82) is 0 Å². The number of likely N-dealkylation sites (tertiary alicyclic amines) is 1. The molecule has 1 atom stereocenters. The second kappa shape index (κ2) is 6.90. The number of hydrogen-bond donors (Lipinski definition) is 0. The van der Waals surface area contributed by atoms with Crippen molar-refractivity contribution in [3.05, 3.63) is 47.8 Å². The van der Waals surface area contributed by atoms with Crippen LogP contribution in [0.15, 0.2) is 36.7 Å². The molecule has 0 radical (unpaired) electrons. The van der Waals surface area contributed by atoms with E-state index in [4.69, 9.17) is 0 Å². The van der Waals surface area contributed by atoms with E-state index in [9.17, 15) is 4.79 Å². The zero-order valence-electron chi connectivity index (χ0n) is 14.9. The molecule has 0 spiro atoms. The molecule has 3 heterocycles. The fourth-order valence-electron chi connectivity index (χ4n) is 4.16. The summed E-state index contributed by atoms with van der Waals surface area (Å²) in [5, 5.41) is 4.26. The Morgan fingerprint density at radius 3 is 2.84 bits per heavy atom. The highest BCUT2D eigenvalue weighted by Crippen LogP contribution is 2.38. The van der Waals surface area contributed by atoms with Crippen LogP contribution in [0.1, 0.15) is 36.3 Å². The van der Waals surface area contributed by atoms with Gasteiger partial charge in [0.25, 0.3) is 0 Å². The average Bonchev–Trinajstić information content (AvgIpc) is 3.31. The maximum Gasteiger partial charge on any atom is 0.222 e. The summed E-state index contributed by atoms with van der Waals surface area (Å²) in [5.41, 5.74) is 4.09. The number of nitrogens with zero attached hydrogens (tertiary/aromatic N) is 4. The van der Waals surface area contributed by atoms with E-state index in [0.29, 0.717) is 11.8 Å². The first kappa shape index (κ1) is 16.2. The van der Waals surface area contributed by atoms with E-state index in [1.54, 1.807) is 0 Å². The highest BCUT2D eigenvalue weighted by Gasteiger charge is 2.29. The van der Waals surface area contributed by atoms with Gasteiger partial charge < -0.3 is 9.80 Å². The Labute approximate surface area is 149 Å². The van der Waals surface area contributed by atoms with Crippen molar-refractivity contribution < 1.29 is 4.79 Å². The lowest BCUT2D eigenvalue weighted by atomic mass is 9.98. The first-order chi connectivity index (χ1) is 12.2. The molecule has 2 aliphatic rings. The van der Waals surface area contributed by atoms with Gasteiger partial charge in [-0.3, -0.25) is 9.48 Å². The van der Waals surface area contributed by atoms with Crippen molar-refractivity contribution in [3.8, 4) is 0 Å². The quantitative estimate of drug-likeness (QED) is 0.813. The summed E-state index contributed by atoms with van der Waals surface area (Å²) in [6, 6.07) is 8.76. The summed E-state index contributed by atoms with van der Waals surface area (Å²) < 4.78 is 1.86. The molecule has 0 N–H and O–H groups in total. The third kappa shape index (κ3) is 3.41. The molecule has 25 heavy (non-hydrogen) atoms. The Balaban J connectivity index is 1.41. The number of benzene rings is 1. The Bertz CT molecular complexity index is 754. The molecule has 2 aliphatic heterocycles. The van der Waals surface area contributed by atoms with Gasteiger partial charge in [-0.1, -0.05) is 18.2 Å². The van der Waals surface area contributed by atoms with E-state index in [0.717, 1.165) is 51.9 Å². The third-order valence-electron chi connectivity index (χ3n) is 5.51. The van der Waals surface area contributed by atoms with Gasteiger partial charge in [0.1, 0.15) is 0 Å². The Kier molecular flexibility index (Phi) is 4.47. The number of carbonyl (C=O) groups is 1. The Hall–Kier alpha value is -2.30. The SMILES string of the molecule is Cn1cc(CCN2CC(CCN3CCCC3=O)c3ccccc32)cn1. The zero-order valence-corrected chi connectivity index (χ0v) is 14.9. The summed E-state index contributed by atoms with van der Waals surface area (Å²) in [4.78, 5) is 16.4.